The third-order valence-electron chi connectivity index (χ3n) is 2.86. The fourth-order valence-electron chi connectivity index (χ4n) is 1.83. The summed E-state index contributed by atoms with van der Waals surface area (Å²) in [6, 6.07) is 7.06. The van der Waals surface area contributed by atoms with Gasteiger partial charge in [0.1, 0.15) is 24.0 Å². The highest BCUT2D eigenvalue weighted by atomic mass is 19.1. The molecule has 21 heavy (non-hydrogen) atoms. The van der Waals surface area contributed by atoms with Gasteiger partial charge in [0.2, 0.25) is 0 Å². The third kappa shape index (κ3) is 3.51. The smallest absolute Gasteiger partial charge is 0.147 e. The SMILES string of the molecule is C=CCOc1cc(F)cc(Nc2ccc(C)cc2F)c1N. The van der Waals surface area contributed by atoms with Crippen molar-refractivity contribution in [2.24, 2.45) is 0 Å². The number of benzene rings is 2. The molecule has 0 aliphatic heterocycles. The maximum Gasteiger partial charge on any atom is 0.147 e. The van der Waals surface area contributed by atoms with E-state index in [1.807, 2.05) is 0 Å². The van der Waals surface area contributed by atoms with Crippen LogP contribution in [0.2, 0.25) is 0 Å². The molecule has 0 radical (unpaired) electrons. The minimum absolute atomic E-state index is 0.185. The number of nitrogen functional groups attached to an aromatic ring is 1. The molecule has 0 saturated heterocycles. The van der Waals surface area contributed by atoms with E-state index in [-0.39, 0.29) is 29.4 Å². The van der Waals surface area contributed by atoms with Gasteiger partial charge < -0.3 is 15.8 Å². The van der Waals surface area contributed by atoms with Crippen LogP contribution in [0.5, 0.6) is 5.75 Å². The predicted molar refractivity (Wildman–Crippen MR) is 80.9 cm³/mol. The highest BCUT2D eigenvalue weighted by Gasteiger charge is 2.11. The van der Waals surface area contributed by atoms with Gasteiger partial charge in [0, 0.05) is 6.07 Å². The topological polar surface area (TPSA) is 47.3 Å². The average molecular weight is 290 g/mol. The van der Waals surface area contributed by atoms with Crippen molar-refractivity contribution in [1.82, 2.24) is 0 Å². The molecule has 0 aromatic heterocycles. The molecule has 0 unspecified atom stereocenters. The molecule has 0 heterocycles. The lowest BCUT2D eigenvalue weighted by molar-refractivity contribution is 0.363. The molecule has 5 heteroatoms. The Balaban J connectivity index is 2.34. The Morgan fingerprint density at radius 3 is 2.67 bits per heavy atom. The van der Waals surface area contributed by atoms with Crippen molar-refractivity contribution in [3.05, 3.63) is 60.2 Å². The standard InChI is InChI=1S/C16H16F2N2O/c1-3-6-21-15-9-11(17)8-14(16(15)19)20-13-5-4-10(2)7-12(13)18/h3-5,7-9,20H,1,6,19H2,2H3. The fourth-order valence-corrected chi connectivity index (χ4v) is 1.83. The van der Waals surface area contributed by atoms with Crippen LogP contribution < -0.4 is 15.8 Å². The van der Waals surface area contributed by atoms with E-state index in [2.05, 4.69) is 11.9 Å². The molecule has 3 N–H and O–H groups in total. The first-order valence-electron chi connectivity index (χ1n) is 6.37. The Hall–Kier alpha value is -2.56. The zero-order valence-corrected chi connectivity index (χ0v) is 11.6. The number of nitrogens with two attached hydrogens (primary N) is 1. The number of nitrogens with one attached hydrogen (secondary N) is 1. The lowest BCUT2D eigenvalue weighted by Crippen LogP contribution is -2.03. The van der Waals surface area contributed by atoms with Crippen LogP contribution >= 0.6 is 0 Å². The lowest BCUT2D eigenvalue weighted by atomic mass is 10.2. The molecule has 0 fully saturated rings. The van der Waals surface area contributed by atoms with Crippen LogP contribution in [-0.2, 0) is 0 Å². The molecule has 2 aromatic rings. The summed E-state index contributed by atoms with van der Waals surface area (Å²) >= 11 is 0. The van der Waals surface area contributed by atoms with Crippen molar-refractivity contribution in [1.29, 1.82) is 0 Å². The normalized spacial score (nSPS) is 10.2. The zero-order valence-electron chi connectivity index (χ0n) is 11.6. The van der Waals surface area contributed by atoms with Crippen molar-refractivity contribution in [3.63, 3.8) is 0 Å². The molecule has 0 spiro atoms. The summed E-state index contributed by atoms with van der Waals surface area (Å²) in [5.74, 6) is -0.782. The number of aryl methyl sites for hydroxylation is 1. The van der Waals surface area contributed by atoms with Crippen molar-refractivity contribution >= 4 is 17.1 Å². The molecule has 0 amide bonds. The van der Waals surface area contributed by atoms with Gasteiger partial charge in [0.25, 0.3) is 0 Å². The van der Waals surface area contributed by atoms with Gasteiger partial charge in [-0.2, -0.15) is 0 Å². The Morgan fingerprint density at radius 2 is 2.00 bits per heavy atom. The van der Waals surface area contributed by atoms with Crippen LogP contribution in [0.4, 0.5) is 25.8 Å². The summed E-state index contributed by atoms with van der Waals surface area (Å²) in [6.45, 7) is 5.50. The predicted octanol–water partition coefficient (Wildman–Crippen LogP) is 4.16. The number of hydrogen-bond donors (Lipinski definition) is 2. The van der Waals surface area contributed by atoms with Crippen LogP contribution in [0.1, 0.15) is 5.56 Å². The molecule has 0 aliphatic rings. The lowest BCUT2D eigenvalue weighted by Gasteiger charge is -2.14. The second-order valence-corrected chi connectivity index (χ2v) is 4.57. The van der Waals surface area contributed by atoms with E-state index >= 15 is 0 Å². The van der Waals surface area contributed by atoms with Gasteiger partial charge in [0.05, 0.1) is 17.1 Å². The minimum Gasteiger partial charge on any atom is -0.487 e. The summed E-state index contributed by atoms with van der Waals surface area (Å²) in [5, 5.41) is 2.78. The first-order chi connectivity index (χ1) is 10.0. The molecule has 0 bridgehead atoms. The zero-order chi connectivity index (χ0) is 15.4. The van der Waals surface area contributed by atoms with E-state index in [1.165, 1.54) is 24.3 Å². The van der Waals surface area contributed by atoms with Crippen molar-refractivity contribution in [2.75, 3.05) is 17.7 Å². The van der Waals surface area contributed by atoms with Gasteiger partial charge >= 0.3 is 0 Å². The summed E-state index contributed by atoms with van der Waals surface area (Å²) in [7, 11) is 0. The van der Waals surface area contributed by atoms with Crippen LogP contribution in [0.15, 0.2) is 43.0 Å². The number of ether oxygens (including phenoxy) is 1. The quantitative estimate of drug-likeness (QED) is 0.642. The highest BCUT2D eigenvalue weighted by molar-refractivity contribution is 5.77. The van der Waals surface area contributed by atoms with Crippen molar-refractivity contribution < 1.29 is 13.5 Å². The fraction of sp³-hybridized carbons (Fsp3) is 0.125. The third-order valence-corrected chi connectivity index (χ3v) is 2.86. The molecule has 3 nitrogen and oxygen atoms in total. The Kier molecular flexibility index (Phi) is 4.42. The first kappa shape index (κ1) is 14.8. The van der Waals surface area contributed by atoms with Gasteiger partial charge in [-0.25, -0.2) is 8.78 Å². The molecular formula is C16H16F2N2O. The summed E-state index contributed by atoms with van der Waals surface area (Å²) in [6.07, 6.45) is 1.52. The molecule has 0 saturated carbocycles. The van der Waals surface area contributed by atoms with E-state index in [1.54, 1.807) is 19.1 Å². The Labute approximate surface area is 122 Å². The van der Waals surface area contributed by atoms with Gasteiger partial charge in [-0.1, -0.05) is 18.7 Å². The van der Waals surface area contributed by atoms with Crippen LogP contribution in [0.25, 0.3) is 0 Å². The average Bonchev–Trinajstić information content (AvgIpc) is 2.43. The highest BCUT2D eigenvalue weighted by Crippen LogP contribution is 2.33. The summed E-state index contributed by atoms with van der Waals surface area (Å²) in [4.78, 5) is 0. The van der Waals surface area contributed by atoms with Gasteiger partial charge in [0.15, 0.2) is 0 Å². The molecule has 110 valence electrons. The van der Waals surface area contributed by atoms with E-state index in [4.69, 9.17) is 10.5 Å². The molecular weight excluding hydrogens is 274 g/mol. The Morgan fingerprint density at radius 1 is 1.24 bits per heavy atom. The largest absolute Gasteiger partial charge is 0.487 e. The first-order valence-corrected chi connectivity index (χ1v) is 6.37. The van der Waals surface area contributed by atoms with E-state index in [0.29, 0.717) is 0 Å². The summed E-state index contributed by atoms with van der Waals surface area (Å²) < 4.78 is 32.7. The monoisotopic (exact) mass is 290 g/mol. The van der Waals surface area contributed by atoms with Crippen LogP contribution in [-0.4, -0.2) is 6.61 Å². The Bertz CT molecular complexity index is 672. The van der Waals surface area contributed by atoms with E-state index in [0.717, 1.165) is 5.56 Å². The number of hydrogen-bond acceptors (Lipinski definition) is 3. The van der Waals surface area contributed by atoms with Gasteiger partial charge in [-0.3, -0.25) is 0 Å². The molecule has 0 aliphatic carbocycles. The maximum atomic E-state index is 13.8. The number of halogens is 2. The van der Waals surface area contributed by atoms with Gasteiger partial charge in [-0.05, 0) is 30.7 Å². The molecule has 2 aromatic carbocycles. The van der Waals surface area contributed by atoms with Crippen molar-refractivity contribution in [2.45, 2.75) is 6.92 Å². The number of anilines is 3. The van der Waals surface area contributed by atoms with Crippen LogP contribution in [0.3, 0.4) is 0 Å². The minimum atomic E-state index is -0.529. The van der Waals surface area contributed by atoms with E-state index in [9.17, 15) is 8.78 Å². The number of rotatable bonds is 5. The van der Waals surface area contributed by atoms with Crippen LogP contribution in [0, 0.1) is 18.6 Å². The molecule has 2 rings (SSSR count). The van der Waals surface area contributed by atoms with Crippen molar-refractivity contribution in [3.8, 4) is 5.75 Å². The maximum absolute atomic E-state index is 13.8. The summed E-state index contributed by atoms with van der Waals surface area (Å²) in [5.41, 5.74) is 7.37. The van der Waals surface area contributed by atoms with E-state index < -0.39 is 11.6 Å². The molecule has 0 atom stereocenters. The van der Waals surface area contributed by atoms with Gasteiger partial charge in [-0.15, -0.1) is 0 Å². The second-order valence-electron chi connectivity index (χ2n) is 4.57. The second kappa shape index (κ2) is 6.26.